The Morgan fingerprint density at radius 2 is 2.13 bits per heavy atom. The molecule has 148 valence electrons. The summed E-state index contributed by atoms with van der Waals surface area (Å²) in [4.78, 5) is 25.5. The van der Waals surface area contributed by atoms with Crippen molar-refractivity contribution in [3.8, 4) is 0 Å². The van der Waals surface area contributed by atoms with Crippen LogP contribution in [0, 0.1) is 6.92 Å². The van der Waals surface area contributed by atoms with Gasteiger partial charge in [0.15, 0.2) is 0 Å². The van der Waals surface area contributed by atoms with Gasteiger partial charge in [-0.2, -0.15) is 5.10 Å². The van der Waals surface area contributed by atoms with E-state index in [4.69, 9.17) is 5.73 Å². The predicted octanol–water partition coefficient (Wildman–Crippen LogP) is 3.63. The summed E-state index contributed by atoms with van der Waals surface area (Å²) in [5.74, 6) is 0.135. The molecule has 9 heteroatoms. The molecule has 0 saturated carbocycles. The number of nitrogen functional groups attached to an aromatic ring is 1. The van der Waals surface area contributed by atoms with Crippen molar-refractivity contribution >= 4 is 49.9 Å². The number of fused-ring (bicyclic) bond motifs is 2. The summed E-state index contributed by atoms with van der Waals surface area (Å²) in [7, 11) is 0. The molecule has 0 radical (unpaired) electrons. The van der Waals surface area contributed by atoms with Gasteiger partial charge in [-0.05, 0) is 37.3 Å². The highest BCUT2D eigenvalue weighted by atomic mass is 32.1. The van der Waals surface area contributed by atoms with Crippen LogP contribution in [0.5, 0.6) is 0 Å². The Hall–Kier alpha value is -3.85. The molecule has 0 aliphatic rings. The fraction of sp³-hybridized carbons (Fsp3) is 0.0952. The quantitative estimate of drug-likeness (QED) is 0.464. The second-order valence-corrected chi connectivity index (χ2v) is 7.77. The zero-order chi connectivity index (χ0) is 20.7. The number of aromatic nitrogens is 5. The molecule has 3 N–H and O–H groups in total. The Balaban J connectivity index is 1.40. The Labute approximate surface area is 175 Å². The van der Waals surface area contributed by atoms with Crippen molar-refractivity contribution in [2.24, 2.45) is 0 Å². The maximum Gasteiger partial charge on any atom is 0.258 e. The molecule has 5 rings (SSSR count). The summed E-state index contributed by atoms with van der Waals surface area (Å²) in [6, 6.07) is 11.6. The molecule has 4 aromatic heterocycles. The number of nitrogens with one attached hydrogen (secondary N) is 1. The van der Waals surface area contributed by atoms with Crippen LogP contribution in [0.4, 0.5) is 11.5 Å². The molecule has 0 spiro atoms. The van der Waals surface area contributed by atoms with Crippen molar-refractivity contribution < 1.29 is 4.79 Å². The molecule has 5 aromatic rings. The van der Waals surface area contributed by atoms with E-state index >= 15 is 0 Å². The molecule has 8 nitrogen and oxygen atoms in total. The van der Waals surface area contributed by atoms with Crippen molar-refractivity contribution in [3.05, 3.63) is 71.3 Å². The minimum Gasteiger partial charge on any atom is -0.382 e. The Bertz CT molecular complexity index is 1410. The van der Waals surface area contributed by atoms with Crippen molar-refractivity contribution in [2.75, 3.05) is 11.1 Å². The first-order chi connectivity index (χ1) is 14.6. The summed E-state index contributed by atoms with van der Waals surface area (Å²) in [5.41, 5.74) is 10.5. The molecule has 1 amide bonds. The fourth-order valence-electron chi connectivity index (χ4n) is 3.36. The number of rotatable bonds is 4. The maximum absolute atomic E-state index is 12.8. The van der Waals surface area contributed by atoms with Gasteiger partial charge in [0.1, 0.15) is 12.1 Å². The number of hydrogen-bond acceptors (Lipinski definition) is 7. The van der Waals surface area contributed by atoms with Crippen LogP contribution in [-0.4, -0.2) is 30.6 Å². The van der Waals surface area contributed by atoms with Crippen LogP contribution in [0.1, 0.15) is 21.7 Å². The van der Waals surface area contributed by atoms with Gasteiger partial charge in [0.2, 0.25) is 0 Å². The number of amides is 1. The molecule has 4 heterocycles. The van der Waals surface area contributed by atoms with Gasteiger partial charge in [0.25, 0.3) is 5.91 Å². The van der Waals surface area contributed by atoms with E-state index in [0.29, 0.717) is 33.8 Å². The number of nitrogens with two attached hydrogens (primary N) is 1. The lowest BCUT2D eigenvalue weighted by Crippen LogP contribution is -2.11. The summed E-state index contributed by atoms with van der Waals surface area (Å²) in [6.07, 6.45) is 3.15. The first-order valence-corrected chi connectivity index (χ1v) is 10.1. The second-order valence-electron chi connectivity index (χ2n) is 6.89. The molecular formula is C21H17N7OS. The van der Waals surface area contributed by atoms with Gasteiger partial charge in [-0.15, -0.1) is 11.3 Å². The van der Waals surface area contributed by atoms with E-state index in [1.165, 1.54) is 17.7 Å². The molecule has 1 aromatic carbocycles. The zero-order valence-corrected chi connectivity index (χ0v) is 16.8. The smallest absolute Gasteiger partial charge is 0.258 e. The highest BCUT2D eigenvalue weighted by Gasteiger charge is 2.16. The topological polar surface area (TPSA) is 112 Å². The fourth-order valence-corrected chi connectivity index (χ4v) is 4.26. The van der Waals surface area contributed by atoms with Crippen molar-refractivity contribution in [2.45, 2.75) is 13.5 Å². The largest absolute Gasteiger partial charge is 0.382 e. The number of hydrogen-bond donors (Lipinski definition) is 2. The zero-order valence-electron chi connectivity index (χ0n) is 16.0. The van der Waals surface area contributed by atoms with Crippen LogP contribution < -0.4 is 11.1 Å². The Kier molecular flexibility index (Phi) is 4.36. The third-order valence-electron chi connectivity index (χ3n) is 4.78. The highest BCUT2D eigenvalue weighted by Crippen LogP contribution is 2.28. The number of nitrogens with zero attached hydrogens (tertiary/aromatic N) is 5. The molecule has 0 fully saturated rings. The molecule has 0 bridgehead atoms. The van der Waals surface area contributed by atoms with E-state index in [9.17, 15) is 4.79 Å². The molecular weight excluding hydrogens is 398 g/mol. The predicted molar refractivity (Wildman–Crippen MR) is 118 cm³/mol. The van der Waals surface area contributed by atoms with Crippen LogP contribution in [0.25, 0.3) is 21.1 Å². The Morgan fingerprint density at radius 1 is 1.23 bits per heavy atom. The number of carbonyl (C=O) groups is 1. The molecule has 30 heavy (non-hydrogen) atoms. The minimum absolute atomic E-state index is 0.241. The normalized spacial score (nSPS) is 11.2. The van der Waals surface area contributed by atoms with Gasteiger partial charge in [-0.3, -0.25) is 14.5 Å². The summed E-state index contributed by atoms with van der Waals surface area (Å²) in [6.45, 7) is 2.55. The second kappa shape index (κ2) is 7.20. The summed E-state index contributed by atoms with van der Waals surface area (Å²) in [5, 5.41) is 10.1. The van der Waals surface area contributed by atoms with Gasteiger partial charge in [0, 0.05) is 22.1 Å². The van der Waals surface area contributed by atoms with Crippen LogP contribution in [-0.2, 0) is 6.54 Å². The van der Waals surface area contributed by atoms with Crippen molar-refractivity contribution in [1.29, 1.82) is 0 Å². The van der Waals surface area contributed by atoms with Gasteiger partial charge < -0.3 is 11.1 Å². The van der Waals surface area contributed by atoms with E-state index in [1.807, 2.05) is 48.0 Å². The van der Waals surface area contributed by atoms with E-state index in [0.717, 1.165) is 22.3 Å². The number of pyridine rings is 1. The van der Waals surface area contributed by atoms with E-state index < -0.39 is 0 Å². The van der Waals surface area contributed by atoms with Crippen molar-refractivity contribution in [3.63, 3.8) is 0 Å². The van der Waals surface area contributed by atoms with Gasteiger partial charge in [-0.25, -0.2) is 9.97 Å². The summed E-state index contributed by atoms with van der Waals surface area (Å²) < 4.78 is 2.61. The van der Waals surface area contributed by atoms with Crippen LogP contribution in [0.2, 0.25) is 0 Å². The number of thiophene rings is 1. The number of carbonyl (C=O) groups excluding carboxylic acids is 1. The molecule has 0 aliphatic heterocycles. The summed E-state index contributed by atoms with van der Waals surface area (Å²) >= 11 is 1.36. The highest BCUT2D eigenvalue weighted by molar-refractivity contribution is 7.18. The van der Waals surface area contributed by atoms with E-state index in [1.54, 1.807) is 11.6 Å². The lowest BCUT2D eigenvalue weighted by atomic mass is 10.2. The van der Waals surface area contributed by atoms with E-state index in [2.05, 4.69) is 25.4 Å². The molecule has 0 saturated heterocycles. The lowest BCUT2D eigenvalue weighted by Gasteiger charge is -2.07. The average molecular weight is 415 g/mol. The number of aryl methyl sites for hydroxylation is 1. The monoisotopic (exact) mass is 415 g/mol. The third-order valence-corrected chi connectivity index (χ3v) is 5.77. The van der Waals surface area contributed by atoms with Crippen LogP contribution in [0.15, 0.2) is 54.3 Å². The third kappa shape index (κ3) is 3.25. The Morgan fingerprint density at radius 3 is 3.00 bits per heavy atom. The SMILES string of the molecule is Cc1cccc(Cn2ncc3cc(NC(=O)c4csc5c(N)ncnc45)ccc32)n1. The maximum atomic E-state index is 12.8. The van der Waals surface area contributed by atoms with Crippen molar-refractivity contribution in [1.82, 2.24) is 24.7 Å². The first-order valence-electron chi connectivity index (χ1n) is 9.25. The standard InChI is InChI=1S/C21H17N7OS/c1-12-3-2-4-15(26-12)9-28-17-6-5-14(7-13(17)8-25-28)27-21(29)16-10-30-19-18(16)23-11-24-20(19)22/h2-8,10-11H,9H2,1H3,(H,27,29)(H2,22,23,24). The first kappa shape index (κ1) is 18.2. The molecule has 0 unspecified atom stereocenters. The van der Waals surface area contributed by atoms with Gasteiger partial charge >= 0.3 is 0 Å². The minimum atomic E-state index is -0.241. The van der Waals surface area contributed by atoms with Crippen LogP contribution >= 0.6 is 11.3 Å². The molecule has 0 atom stereocenters. The van der Waals surface area contributed by atoms with Gasteiger partial charge in [0.05, 0.1) is 39.7 Å². The van der Waals surface area contributed by atoms with Gasteiger partial charge in [-0.1, -0.05) is 6.07 Å². The van der Waals surface area contributed by atoms with E-state index in [-0.39, 0.29) is 5.91 Å². The van der Waals surface area contributed by atoms with Crippen LogP contribution in [0.3, 0.4) is 0 Å². The number of anilines is 2. The number of benzene rings is 1. The lowest BCUT2D eigenvalue weighted by molar-refractivity contribution is 0.102. The molecule has 0 aliphatic carbocycles. The average Bonchev–Trinajstić information content (AvgIpc) is 3.33.